The van der Waals surface area contributed by atoms with Gasteiger partial charge in [0.15, 0.2) is 6.61 Å². The van der Waals surface area contributed by atoms with E-state index in [0.29, 0.717) is 35.8 Å². The number of ether oxygens (including phenoxy) is 1. The summed E-state index contributed by atoms with van der Waals surface area (Å²) < 4.78 is 7.46. The molecule has 0 radical (unpaired) electrons. The number of hydrogen-bond donors (Lipinski definition) is 0. The van der Waals surface area contributed by atoms with Gasteiger partial charge in [-0.2, -0.15) is 0 Å². The molecule has 5 nitrogen and oxygen atoms in total. The topological polar surface area (TPSA) is 65.4 Å². The second kappa shape index (κ2) is 8.99. The number of Topliss-reactive ketones (excluding diaryl/α,β-unsaturated/α-hetero) is 2. The number of benzene rings is 1. The highest BCUT2D eigenvalue weighted by molar-refractivity contribution is 6.31. The van der Waals surface area contributed by atoms with Crippen LogP contribution in [0.5, 0.6) is 0 Å². The van der Waals surface area contributed by atoms with Crippen LogP contribution in [0.15, 0.2) is 30.3 Å². The van der Waals surface area contributed by atoms with Crippen molar-refractivity contribution in [2.24, 2.45) is 17.8 Å². The summed E-state index contributed by atoms with van der Waals surface area (Å²) in [6.07, 6.45) is 3.93. The Morgan fingerprint density at radius 1 is 1.13 bits per heavy atom. The first-order chi connectivity index (χ1) is 14.8. The molecule has 4 rings (SSSR count). The van der Waals surface area contributed by atoms with Gasteiger partial charge in [-0.1, -0.05) is 36.2 Å². The van der Waals surface area contributed by atoms with Crippen molar-refractivity contribution in [1.82, 2.24) is 4.57 Å². The van der Waals surface area contributed by atoms with E-state index in [-0.39, 0.29) is 36.1 Å². The highest BCUT2D eigenvalue weighted by atomic mass is 35.5. The molecule has 1 aromatic carbocycles. The molecule has 1 heterocycles. The normalized spacial score (nSPS) is 22.9. The first-order valence-corrected chi connectivity index (χ1v) is 11.4. The Morgan fingerprint density at radius 3 is 2.48 bits per heavy atom. The van der Waals surface area contributed by atoms with Gasteiger partial charge in [0, 0.05) is 40.4 Å². The zero-order chi connectivity index (χ0) is 22.1. The van der Waals surface area contributed by atoms with Crippen LogP contribution in [-0.2, 0) is 20.9 Å². The smallest absolute Gasteiger partial charge is 0.309 e. The zero-order valence-electron chi connectivity index (χ0n) is 18.0. The molecule has 0 aliphatic heterocycles. The molecule has 6 heteroatoms. The standard InChI is InChI=1S/C25H28ClNO4/c1-15-10-21(16(2)27(15)13-19-6-3-4-9-22(19)26)23(28)14-31-25(30)20-11-17-7-5-8-18(12-20)24(17)29/h3-4,6,9-10,17-18,20H,5,7-8,11-14H2,1-2H3/t17-,18-/m0/s1. The second-order valence-electron chi connectivity index (χ2n) is 8.89. The number of halogens is 1. The van der Waals surface area contributed by atoms with Crippen molar-refractivity contribution in [2.45, 2.75) is 52.5 Å². The lowest BCUT2D eigenvalue weighted by atomic mass is 9.67. The molecule has 164 valence electrons. The predicted molar refractivity (Wildman–Crippen MR) is 118 cm³/mol. The van der Waals surface area contributed by atoms with E-state index in [0.717, 1.165) is 36.2 Å². The maximum absolute atomic E-state index is 12.8. The number of esters is 1. The average Bonchev–Trinajstić information content (AvgIpc) is 3.01. The van der Waals surface area contributed by atoms with Gasteiger partial charge in [0.25, 0.3) is 0 Å². The lowest BCUT2D eigenvalue weighted by Gasteiger charge is -2.36. The van der Waals surface area contributed by atoms with E-state index in [1.165, 1.54) is 0 Å². The van der Waals surface area contributed by atoms with E-state index >= 15 is 0 Å². The molecule has 0 spiro atoms. The minimum atomic E-state index is -0.345. The van der Waals surface area contributed by atoms with E-state index in [1.54, 1.807) is 0 Å². The van der Waals surface area contributed by atoms with Crippen molar-refractivity contribution in [3.63, 3.8) is 0 Å². The van der Waals surface area contributed by atoms with Gasteiger partial charge in [-0.3, -0.25) is 14.4 Å². The number of fused-ring (bicyclic) bond motifs is 2. The number of rotatable bonds is 6. The second-order valence-corrected chi connectivity index (χ2v) is 9.30. The molecule has 2 saturated carbocycles. The van der Waals surface area contributed by atoms with Crippen molar-refractivity contribution < 1.29 is 19.1 Å². The van der Waals surface area contributed by atoms with Crippen molar-refractivity contribution in [3.05, 3.63) is 57.9 Å². The molecule has 2 aliphatic rings. The average molecular weight is 442 g/mol. The number of nitrogens with zero attached hydrogens (tertiary/aromatic N) is 1. The van der Waals surface area contributed by atoms with Gasteiger partial charge in [-0.05, 0) is 57.2 Å². The van der Waals surface area contributed by atoms with Crippen LogP contribution in [0.1, 0.15) is 59.4 Å². The Hall–Kier alpha value is -2.40. The summed E-state index contributed by atoms with van der Waals surface area (Å²) in [5.41, 5.74) is 3.32. The molecule has 0 unspecified atom stereocenters. The van der Waals surface area contributed by atoms with Gasteiger partial charge >= 0.3 is 5.97 Å². The third-order valence-electron chi connectivity index (χ3n) is 6.89. The fourth-order valence-corrected chi connectivity index (χ4v) is 5.32. The largest absolute Gasteiger partial charge is 0.457 e. The number of ketones is 2. The van der Waals surface area contributed by atoms with Gasteiger partial charge in [0.05, 0.1) is 5.92 Å². The third kappa shape index (κ3) is 4.47. The van der Waals surface area contributed by atoms with Gasteiger partial charge in [0.1, 0.15) is 5.78 Å². The van der Waals surface area contributed by atoms with Crippen LogP contribution in [0.4, 0.5) is 0 Å². The lowest BCUT2D eigenvalue weighted by molar-refractivity contribution is -0.152. The van der Waals surface area contributed by atoms with Gasteiger partial charge in [-0.15, -0.1) is 0 Å². The summed E-state index contributed by atoms with van der Waals surface area (Å²) in [6.45, 7) is 4.15. The number of hydrogen-bond acceptors (Lipinski definition) is 4. The molecule has 2 aromatic rings. The van der Waals surface area contributed by atoms with Gasteiger partial charge in [0.2, 0.25) is 5.78 Å². The van der Waals surface area contributed by atoms with Crippen LogP contribution in [-0.4, -0.2) is 28.7 Å². The van der Waals surface area contributed by atoms with Crippen LogP contribution in [0.3, 0.4) is 0 Å². The quantitative estimate of drug-likeness (QED) is 0.471. The lowest BCUT2D eigenvalue weighted by Crippen LogP contribution is -2.39. The maximum Gasteiger partial charge on any atom is 0.309 e. The SMILES string of the molecule is Cc1cc(C(=O)COC(=O)C2C[C@@H]3CCC[C@@H](C2)C3=O)c(C)n1Cc1ccccc1Cl. The van der Waals surface area contributed by atoms with E-state index in [4.69, 9.17) is 16.3 Å². The Kier molecular flexibility index (Phi) is 6.33. The highest BCUT2D eigenvalue weighted by Gasteiger charge is 2.41. The first kappa shape index (κ1) is 21.8. The Bertz CT molecular complexity index is 1010. The van der Waals surface area contributed by atoms with Crippen LogP contribution in [0, 0.1) is 31.6 Å². The van der Waals surface area contributed by atoms with Crippen molar-refractivity contribution >= 4 is 29.1 Å². The highest BCUT2D eigenvalue weighted by Crippen LogP contribution is 2.40. The van der Waals surface area contributed by atoms with E-state index in [2.05, 4.69) is 0 Å². The minimum Gasteiger partial charge on any atom is -0.457 e. The molecular weight excluding hydrogens is 414 g/mol. The molecule has 0 saturated heterocycles. The van der Waals surface area contributed by atoms with E-state index in [9.17, 15) is 14.4 Å². The van der Waals surface area contributed by atoms with Gasteiger partial charge < -0.3 is 9.30 Å². The van der Waals surface area contributed by atoms with Crippen molar-refractivity contribution in [1.29, 1.82) is 0 Å². The summed E-state index contributed by atoms with van der Waals surface area (Å²) >= 11 is 6.29. The monoisotopic (exact) mass is 441 g/mol. The fraction of sp³-hybridized carbons (Fsp3) is 0.480. The Morgan fingerprint density at radius 2 is 1.81 bits per heavy atom. The van der Waals surface area contributed by atoms with Crippen molar-refractivity contribution in [3.8, 4) is 0 Å². The van der Waals surface area contributed by atoms with Crippen LogP contribution >= 0.6 is 11.6 Å². The Balaban J connectivity index is 1.39. The summed E-state index contributed by atoms with van der Waals surface area (Å²) in [4.78, 5) is 37.7. The molecule has 2 fully saturated rings. The third-order valence-corrected chi connectivity index (χ3v) is 7.26. The van der Waals surface area contributed by atoms with E-state index < -0.39 is 0 Å². The minimum absolute atomic E-state index is 0.00973. The van der Waals surface area contributed by atoms with Crippen LogP contribution in [0.25, 0.3) is 0 Å². The molecule has 2 atom stereocenters. The summed E-state index contributed by atoms with van der Waals surface area (Å²) in [7, 11) is 0. The van der Waals surface area contributed by atoms with Crippen molar-refractivity contribution in [2.75, 3.05) is 6.61 Å². The predicted octanol–water partition coefficient (Wildman–Crippen LogP) is 4.93. The van der Waals surface area contributed by atoms with Crippen LogP contribution < -0.4 is 0 Å². The zero-order valence-corrected chi connectivity index (χ0v) is 18.8. The first-order valence-electron chi connectivity index (χ1n) is 11.0. The molecular formula is C25H28ClNO4. The van der Waals surface area contributed by atoms with Crippen LogP contribution in [0.2, 0.25) is 5.02 Å². The Labute approximate surface area is 187 Å². The molecule has 1 aromatic heterocycles. The summed E-state index contributed by atoms with van der Waals surface area (Å²) in [5.74, 6) is -0.527. The maximum atomic E-state index is 12.8. The number of aryl methyl sites for hydroxylation is 1. The van der Waals surface area contributed by atoms with Gasteiger partial charge in [-0.25, -0.2) is 0 Å². The summed E-state index contributed by atoms with van der Waals surface area (Å²) in [5, 5.41) is 0.688. The molecule has 2 bridgehead atoms. The fourth-order valence-electron chi connectivity index (χ4n) is 5.13. The molecule has 0 N–H and O–H groups in total. The number of carbonyl (C=O) groups is 3. The molecule has 2 aliphatic carbocycles. The van der Waals surface area contributed by atoms with E-state index in [1.807, 2.05) is 48.7 Å². The summed E-state index contributed by atoms with van der Waals surface area (Å²) in [6, 6.07) is 9.48. The molecule has 31 heavy (non-hydrogen) atoms. The molecule has 0 amide bonds. The number of carbonyl (C=O) groups excluding carboxylic acids is 3. The number of aromatic nitrogens is 1.